The van der Waals surface area contributed by atoms with Gasteiger partial charge in [-0.2, -0.15) is 0 Å². The Hall–Kier alpha value is -1.61. The summed E-state index contributed by atoms with van der Waals surface area (Å²) in [6, 6.07) is 5.68. The zero-order chi connectivity index (χ0) is 21.5. The van der Waals surface area contributed by atoms with Crippen LogP contribution in [0.1, 0.15) is 30.1 Å². The molecule has 3 fully saturated rings. The number of nitrogens with zero attached hydrogens (tertiary/aromatic N) is 3. The van der Waals surface area contributed by atoms with Crippen molar-refractivity contribution < 1.29 is 13.9 Å². The highest BCUT2D eigenvalue weighted by molar-refractivity contribution is 6.31. The predicted octanol–water partition coefficient (Wildman–Crippen LogP) is 1.84. The van der Waals surface area contributed by atoms with Gasteiger partial charge in [0, 0.05) is 60.0 Å². The summed E-state index contributed by atoms with van der Waals surface area (Å²) in [7, 11) is 1.64. The smallest absolute Gasteiger partial charge is 0.282 e. The highest BCUT2D eigenvalue weighted by atomic mass is 35.5. The Balaban J connectivity index is 1.54. The molecule has 2 N–H and O–H groups in total. The van der Waals surface area contributed by atoms with Crippen LogP contribution in [0.4, 0.5) is 4.39 Å². The number of benzene rings is 1. The minimum Gasteiger partial charge on any atom is -0.342 e. The largest absolute Gasteiger partial charge is 0.342 e. The van der Waals surface area contributed by atoms with Crippen molar-refractivity contribution in [2.75, 3.05) is 46.3 Å². The lowest BCUT2D eigenvalue weighted by Crippen LogP contribution is -2.64. The van der Waals surface area contributed by atoms with Crippen molar-refractivity contribution in [3.63, 3.8) is 0 Å². The van der Waals surface area contributed by atoms with Crippen molar-refractivity contribution in [1.29, 1.82) is 0 Å². The van der Waals surface area contributed by atoms with Crippen LogP contribution in [0.3, 0.4) is 0 Å². The van der Waals surface area contributed by atoms with E-state index in [0.717, 1.165) is 42.1 Å². The van der Waals surface area contributed by atoms with Crippen LogP contribution in [-0.2, 0) is 4.79 Å². The molecule has 3 unspecified atom stereocenters. The molecule has 3 aliphatic rings. The van der Waals surface area contributed by atoms with E-state index in [-0.39, 0.29) is 18.6 Å². The SMILES string of the molecule is Cc1ccc(C2NC(N3CCNCC3)C(CN(C)C(=O)C3(F)CC3)C[N+]2=O)cc1Cl. The molecule has 1 aromatic carbocycles. The first-order valence-electron chi connectivity index (χ1n) is 10.6. The fourth-order valence-corrected chi connectivity index (χ4v) is 4.67. The molecule has 4 rings (SSSR count). The number of hydrogen-bond acceptors (Lipinski definition) is 5. The van der Waals surface area contributed by atoms with Crippen molar-refractivity contribution in [2.45, 2.75) is 37.8 Å². The lowest BCUT2D eigenvalue weighted by molar-refractivity contribution is -0.620. The Morgan fingerprint density at radius 1 is 1.37 bits per heavy atom. The molecule has 1 saturated carbocycles. The Morgan fingerprint density at radius 3 is 2.70 bits per heavy atom. The van der Waals surface area contributed by atoms with Gasteiger partial charge in [-0.3, -0.25) is 9.69 Å². The number of nitrogens with one attached hydrogen (secondary N) is 2. The van der Waals surface area contributed by atoms with Gasteiger partial charge in [0.1, 0.15) is 0 Å². The molecule has 7 nitrogen and oxygen atoms in total. The number of nitroso groups, excluding NO2 is 1. The Labute approximate surface area is 181 Å². The van der Waals surface area contributed by atoms with E-state index in [0.29, 0.717) is 24.4 Å². The first-order chi connectivity index (χ1) is 14.3. The van der Waals surface area contributed by atoms with E-state index < -0.39 is 17.7 Å². The van der Waals surface area contributed by atoms with E-state index in [4.69, 9.17) is 11.6 Å². The standard InChI is InChI=1S/C21H30ClFN5O2/c1-14-3-4-15(11-17(14)22)19-25-18(27-9-7-24-8-10-27)16(13-28(19)30)12-26(2)20(29)21(23)5-6-21/h3-4,11,16,18-19,24-25H,5-10,12-13H2,1-2H3/q+1. The van der Waals surface area contributed by atoms with Crippen molar-refractivity contribution >= 4 is 17.5 Å². The zero-order valence-electron chi connectivity index (χ0n) is 17.5. The topological polar surface area (TPSA) is 67.7 Å². The van der Waals surface area contributed by atoms with Crippen LogP contribution in [0.5, 0.6) is 0 Å². The molecule has 1 amide bonds. The van der Waals surface area contributed by atoms with Crippen LogP contribution in [0, 0.1) is 17.7 Å². The van der Waals surface area contributed by atoms with Gasteiger partial charge in [0.15, 0.2) is 5.67 Å². The van der Waals surface area contributed by atoms with E-state index in [9.17, 15) is 14.1 Å². The van der Waals surface area contributed by atoms with Crippen molar-refractivity contribution in [3.05, 3.63) is 39.3 Å². The number of carbonyl (C=O) groups excluding carboxylic acids is 1. The summed E-state index contributed by atoms with van der Waals surface area (Å²) in [4.78, 5) is 29.2. The normalized spacial score (nSPS) is 28.9. The molecule has 2 aliphatic heterocycles. The van der Waals surface area contributed by atoms with Gasteiger partial charge in [0.25, 0.3) is 12.1 Å². The van der Waals surface area contributed by atoms with E-state index in [1.165, 1.54) is 4.90 Å². The second-order valence-electron chi connectivity index (χ2n) is 8.82. The van der Waals surface area contributed by atoms with E-state index in [1.54, 1.807) is 7.05 Å². The summed E-state index contributed by atoms with van der Waals surface area (Å²) in [6.45, 7) is 5.96. The fraction of sp³-hybridized carbons (Fsp3) is 0.667. The van der Waals surface area contributed by atoms with Crippen LogP contribution in [0.25, 0.3) is 0 Å². The number of aryl methyl sites for hydroxylation is 1. The summed E-state index contributed by atoms with van der Waals surface area (Å²) in [6.07, 6.45) is -0.0160. The number of hydrogen-bond donors (Lipinski definition) is 2. The average molecular weight is 439 g/mol. The molecule has 0 spiro atoms. The maximum absolute atomic E-state index is 14.3. The number of alkyl halides is 1. The summed E-state index contributed by atoms with van der Waals surface area (Å²) in [5, 5.41) is 7.48. The van der Waals surface area contributed by atoms with Gasteiger partial charge < -0.3 is 10.2 Å². The first-order valence-corrected chi connectivity index (χ1v) is 11.0. The van der Waals surface area contributed by atoms with E-state index in [2.05, 4.69) is 15.5 Å². The van der Waals surface area contributed by atoms with Gasteiger partial charge in [-0.25, -0.2) is 9.71 Å². The van der Waals surface area contributed by atoms with Gasteiger partial charge in [0.2, 0.25) is 6.54 Å². The molecule has 164 valence electrons. The lowest BCUT2D eigenvalue weighted by atomic mass is 9.97. The van der Waals surface area contributed by atoms with E-state index >= 15 is 0 Å². The van der Waals surface area contributed by atoms with Crippen LogP contribution in [0.2, 0.25) is 5.02 Å². The van der Waals surface area contributed by atoms with Gasteiger partial charge >= 0.3 is 0 Å². The molecule has 2 heterocycles. The molecule has 0 bridgehead atoms. The predicted molar refractivity (Wildman–Crippen MR) is 113 cm³/mol. The highest BCUT2D eigenvalue weighted by Gasteiger charge is 2.53. The number of amides is 1. The minimum absolute atomic E-state index is 0.0904. The Morgan fingerprint density at radius 2 is 2.07 bits per heavy atom. The Bertz CT molecular complexity index is 828. The van der Waals surface area contributed by atoms with Gasteiger partial charge in [-0.15, -0.1) is 0 Å². The molecular weight excluding hydrogens is 409 g/mol. The van der Waals surface area contributed by atoms with Crippen LogP contribution in [0.15, 0.2) is 18.2 Å². The summed E-state index contributed by atoms with van der Waals surface area (Å²) in [5.74, 6) is -0.597. The lowest BCUT2D eigenvalue weighted by Gasteiger charge is -2.42. The highest BCUT2D eigenvalue weighted by Crippen LogP contribution is 2.41. The summed E-state index contributed by atoms with van der Waals surface area (Å²) < 4.78 is 15.3. The molecule has 0 radical (unpaired) electrons. The molecule has 3 atom stereocenters. The third-order valence-corrected chi connectivity index (χ3v) is 6.87. The van der Waals surface area contributed by atoms with Crippen LogP contribution < -0.4 is 10.6 Å². The fourth-order valence-electron chi connectivity index (χ4n) is 4.48. The van der Waals surface area contributed by atoms with Crippen molar-refractivity contribution in [3.8, 4) is 0 Å². The number of rotatable bonds is 5. The second-order valence-corrected chi connectivity index (χ2v) is 9.23. The van der Waals surface area contributed by atoms with Crippen LogP contribution in [-0.4, -0.2) is 78.6 Å². The molecular formula is C21H30ClFN5O2+. The molecule has 0 aromatic heterocycles. The van der Waals surface area contributed by atoms with Gasteiger partial charge in [-0.05, 0) is 31.4 Å². The van der Waals surface area contributed by atoms with Crippen molar-refractivity contribution in [2.24, 2.45) is 5.92 Å². The average Bonchev–Trinajstić information content (AvgIpc) is 3.49. The number of piperazine rings is 1. The maximum atomic E-state index is 14.3. The van der Waals surface area contributed by atoms with Crippen molar-refractivity contribution in [1.82, 2.24) is 20.4 Å². The quantitative estimate of drug-likeness (QED) is 0.687. The minimum atomic E-state index is -1.69. The maximum Gasteiger partial charge on any atom is 0.282 e. The molecule has 30 heavy (non-hydrogen) atoms. The van der Waals surface area contributed by atoms with Crippen LogP contribution >= 0.6 is 11.6 Å². The second kappa shape index (κ2) is 8.49. The molecule has 1 aliphatic carbocycles. The van der Waals surface area contributed by atoms with Gasteiger partial charge in [-0.1, -0.05) is 23.7 Å². The van der Waals surface area contributed by atoms with Gasteiger partial charge in [0.05, 0.1) is 12.1 Å². The molecule has 2 saturated heterocycles. The first kappa shape index (κ1) is 21.6. The molecule has 9 heteroatoms. The Kier molecular flexibility index (Phi) is 6.12. The molecule has 1 aromatic rings. The number of carbonyl (C=O) groups is 1. The summed E-state index contributed by atoms with van der Waals surface area (Å²) in [5.41, 5.74) is 0.0922. The third kappa shape index (κ3) is 4.37. The zero-order valence-corrected chi connectivity index (χ0v) is 18.3. The number of halogens is 2. The third-order valence-electron chi connectivity index (χ3n) is 6.46. The summed E-state index contributed by atoms with van der Waals surface area (Å²) >= 11 is 6.30. The monoisotopic (exact) mass is 438 g/mol. The van der Waals surface area contributed by atoms with E-state index in [1.807, 2.05) is 25.1 Å².